The maximum absolute atomic E-state index is 13.4. The van der Waals surface area contributed by atoms with Crippen LogP contribution in [0.3, 0.4) is 0 Å². The Hall–Kier alpha value is -2.20. The second-order valence-electron chi connectivity index (χ2n) is 5.50. The molecule has 2 heterocycles. The molecule has 1 aliphatic heterocycles. The van der Waals surface area contributed by atoms with Crippen LogP contribution >= 0.6 is 0 Å². The van der Waals surface area contributed by atoms with Gasteiger partial charge >= 0.3 is 0 Å². The lowest BCUT2D eigenvalue weighted by Crippen LogP contribution is -2.32. The van der Waals surface area contributed by atoms with Crippen molar-refractivity contribution in [1.29, 1.82) is 0 Å². The van der Waals surface area contributed by atoms with E-state index in [-0.39, 0.29) is 11.9 Å². The highest BCUT2D eigenvalue weighted by atomic mass is 19.1. The summed E-state index contributed by atoms with van der Waals surface area (Å²) < 4.78 is 15.4. The molecule has 1 aromatic heterocycles. The Morgan fingerprint density at radius 1 is 1.24 bits per heavy atom. The Kier molecular flexibility index (Phi) is 2.79. The molecule has 4 rings (SSSR count). The molecule has 2 aromatic carbocycles. The average Bonchev–Trinajstić information content (AvgIpc) is 2.83. The van der Waals surface area contributed by atoms with Crippen molar-refractivity contribution in [2.24, 2.45) is 7.05 Å². The minimum absolute atomic E-state index is 0.0652. The molecule has 106 valence electrons. The third-order valence-corrected chi connectivity index (χ3v) is 4.24. The molecule has 0 saturated carbocycles. The summed E-state index contributed by atoms with van der Waals surface area (Å²) in [5.41, 5.74) is 4.29. The molecule has 0 amide bonds. The minimum Gasteiger partial charge on any atom is -0.329 e. The van der Waals surface area contributed by atoms with Gasteiger partial charge in [-0.3, -0.25) is 0 Å². The summed E-state index contributed by atoms with van der Waals surface area (Å²) in [6, 6.07) is 13.3. The SMILES string of the molecule is Cn1c(C2NCCc3ccccc32)nc2cc(F)ccc21. The van der Waals surface area contributed by atoms with Crippen LogP contribution < -0.4 is 5.32 Å². The number of aromatic nitrogens is 2. The summed E-state index contributed by atoms with van der Waals surface area (Å²) in [4.78, 5) is 4.66. The third kappa shape index (κ3) is 1.94. The number of hydrogen-bond donors (Lipinski definition) is 1. The van der Waals surface area contributed by atoms with Crippen molar-refractivity contribution in [3.05, 3.63) is 65.2 Å². The molecule has 3 aromatic rings. The van der Waals surface area contributed by atoms with Crippen LogP contribution in [0.4, 0.5) is 4.39 Å². The molecule has 0 saturated heterocycles. The van der Waals surface area contributed by atoms with Gasteiger partial charge in [-0.1, -0.05) is 24.3 Å². The summed E-state index contributed by atoms with van der Waals surface area (Å²) in [6.45, 7) is 0.930. The van der Waals surface area contributed by atoms with Gasteiger partial charge in [-0.15, -0.1) is 0 Å². The molecule has 1 N–H and O–H groups in total. The fourth-order valence-electron chi connectivity index (χ4n) is 3.18. The molecule has 0 aliphatic carbocycles. The normalized spacial score (nSPS) is 17.9. The Balaban J connectivity index is 1.90. The zero-order valence-electron chi connectivity index (χ0n) is 11.8. The van der Waals surface area contributed by atoms with E-state index in [0.29, 0.717) is 5.52 Å². The van der Waals surface area contributed by atoms with Crippen LogP contribution in [-0.4, -0.2) is 16.1 Å². The van der Waals surface area contributed by atoms with Crippen LogP contribution in [0.25, 0.3) is 11.0 Å². The van der Waals surface area contributed by atoms with Crippen LogP contribution in [-0.2, 0) is 13.5 Å². The zero-order chi connectivity index (χ0) is 14.4. The maximum Gasteiger partial charge on any atom is 0.131 e. The van der Waals surface area contributed by atoms with Gasteiger partial charge in [0.05, 0.1) is 17.1 Å². The fraction of sp³-hybridized carbons (Fsp3) is 0.235. The van der Waals surface area contributed by atoms with E-state index in [1.807, 2.05) is 7.05 Å². The van der Waals surface area contributed by atoms with Crippen molar-refractivity contribution in [1.82, 2.24) is 14.9 Å². The van der Waals surface area contributed by atoms with Gasteiger partial charge in [0.1, 0.15) is 11.6 Å². The van der Waals surface area contributed by atoms with Crippen LogP contribution in [0.2, 0.25) is 0 Å². The number of hydrogen-bond acceptors (Lipinski definition) is 2. The van der Waals surface area contributed by atoms with Crippen LogP contribution in [0.1, 0.15) is 23.0 Å². The second-order valence-corrected chi connectivity index (χ2v) is 5.50. The van der Waals surface area contributed by atoms with Gasteiger partial charge in [0, 0.05) is 19.7 Å². The average molecular weight is 281 g/mol. The quantitative estimate of drug-likeness (QED) is 0.743. The first-order valence-corrected chi connectivity index (χ1v) is 7.17. The molecular weight excluding hydrogens is 265 g/mol. The number of nitrogens with zero attached hydrogens (tertiary/aromatic N) is 2. The standard InChI is InChI=1S/C17H16FN3/c1-21-15-7-6-12(18)10-14(15)20-17(21)16-13-5-3-2-4-11(13)8-9-19-16/h2-7,10,16,19H,8-9H2,1H3. The summed E-state index contributed by atoms with van der Waals surface area (Å²) in [7, 11) is 1.99. The van der Waals surface area contributed by atoms with Crippen molar-refractivity contribution in [2.45, 2.75) is 12.5 Å². The first-order valence-electron chi connectivity index (χ1n) is 7.17. The molecular formula is C17H16FN3. The number of fused-ring (bicyclic) bond motifs is 2. The molecule has 0 spiro atoms. The predicted octanol–water partition coefficient (Wildman–Crippen LogP) is 2.95. The van der Waals surface area contributed by atoms with Crippen molar-refractivity contribution in [3.63, 3.8) is 0 Å². The number of rotatable bonds is 1. The Morgan fingerprint density at radius 3 is 3.00 bits per heavy atom. The van der Waals surface area contributed by atoms with Gasteiger partial charge in [0.25, 0.3) is 0 Å². The minimum atomic E-state index is -0.246. The number of benzene rings is 2. The Morgan fingerprint density at radius 2 is 2.10 bits per heavy atom. The lowest BCUT2D eigenvalue weighted by molar-refractivity contribution is 0.532. The summed E-state index contributed by atoms with van der Waals surface area (Å²) >= 11 is 0. The van der Waals surface area contributed by atoms with E-state index >= 15 is 0 Å². The van der Waals surface area contributed by atoms with Crippen molar-refractivity contribution >= 4 is 11.0 Å². The van der Waals surface area contributed by atoms with Gasteiger partial charge in [-0.2, -0.15) is 0 Å². The fourth-order valence-corrected chi connectivity index (χ4v) is 3.18. The summed E-state index contributed by atoms with van der Waals surface area (Å²) in [6.07, 6.45) is 1.03. The van der Waals surface area contributed by atoms with E-state index in [0.717, 1.165) is 24.3 Å². The van der Waals surface area contributed by atoms with E-state index in [1.54, 1.807) is 6.07 Å². The molecule has 4 heteroatoms. The topological polar surface area (TPSA) is 29.9 Å². The molecule has 0 radical (unpaired) electrons. The smallest absolute Gasteiger partial charge is 0.131 e. The molecule has 0 fully saturated rings. The van der Waals surface area contributed by atoms with E-state index < -0.39 is 0 Å². The molecule has 1 aliphatic rings. The van der Waals surface area contributed by atoms with Crippen LogP contribution in [0.5, 0.6) is 0 Å². The van der Waals surface area contributed by atoms with Gasteiger partial charge in [-0.05, 0) is 29.7 Å². The highest BCUT2D eigenvalue weighted by Gasteiger charge is 2.25. The van der Waals surface area contributed by atoms with Crippen molar-refractivity contribution in [3.8, 4) is 0 Å². The van der Waals surface area contributed by atoms with Gasteiger partial charge < -0.3 is 9.88 Å². The van der Waals surface area contributed by atoms with Gasteiger partial charge in [0.15, 0.2) is 0 Å². The first-order chi connectivity index (χ1) is 10.2. The predicted molar refractivity (Wildman–Crippen MR) is 80.7 cm³/mol. The largest absolute Gasteiger partial charge is 0.329 e. The van der Waals surface area contributed by atoms with Crippen LogP contribution in [0, 0.1) is 5.82 Å². The molecule has 1 atom stereocenters. The third-order valence-electron chi connectivity index (χ3n) is 4.24. The molecule has 3 nitrogen and oxygen atoms in total. The second kappa shape index (κ2) is 4.67. The number of nitrogens with one attached hydrogen (secondary N) is 1. The number of halogens is 1. The molecule has 21 heavy (non-hydrogen) atoms. The van der Waals surface area contributed by atoms with E-state index in [2.05, 4.69) is 39.1 Å². The zero-order valence-corrected chi connectivity index (χ0v) is 11.8. The molecule has 1 unspecified atom stereocenters. The maximum atomic E-state index is 13.4. The number of imidazole rings is 1. The Bertz CT molecular complexity index is 822. The van der Waals surface area contributed by atoms with Crippen molar-refractivity contribution in [2.75, 3.05) is 6.54 Å². The lowest BCUT2D eigenvalue weighted by atomic mass is 9.94. The monoisotopic (exact) mass is 281 g/mol. The lowest BCUT2D eigenvalue weighted by Gasteiger charge is -2.26. The van der Waals surface area contributed by atoms with E-state index in [9.17, 15) is 4.39 Å². The Labute approximate surface area is 122 Å². The van der Waals surface area contributed by atoms with Crippen LogP contribution in [0.15, 0.2) is 42.5 Å². The number of aryl methyl sites for hydroxylation is 1. The summed E-state index contributed by atoms with van der Waals surface area (Å²) in [5, 5.41) is 3.53. The van der Waals surface area contributed by atoms with E-state index in [4.69, 9.17) is 0 Å². The highest BCUT2D eigenvalue weighted by Crippen LogP contribution is 2.29. The first kappa shape index (κ1) is 12.5. The summed E-state index contributed by atoms with van der Waals surface area (Å²) in [5.74, 6) is 0.687. The molecule has 0 bridgehead atoms. The van der Waals surface area contributed by atoms with Gasteiger partial charge in [-0.25, -0.2) is 9.37 Å². The van der Waals surface area contributed by atoms with Gasteiger partial charge in [0.2, 0.25) is 0 Å². The highest BCUT2D eigenvalue weighted by molar-refractivity contribution is 5.76. The van der Waals surface area contributed by atoms with E-state index in [1.165, 1.54) is 23.3 Å². The van der Waals surface area contributed by atoms with Crippen molar-refractivity contribution < 1.29 is 4.39 Å².